The van der Waals surface area contributed by atoms with E-state index in [0.29, 0.717) is 6.04 Å². The molecule has 0 saturated carbocycles. The molecule has 2 rings (SSSR count). The van der Waals surface area contributed by atoms with Gasteiger partial charge in [-0.05, 0) is 20.5 Å². The summed E-state index contributed by atoms with van der Waals surface area (Å²) in [5.74, 6) is 2.29. The van der Waals surface area contributed by atoms with Gasteiger partial charge in [-0.3, -0.25) is 9.89 Å². The Hall–Kier alpha value is 0.270. The minimum Gasteiger partial charge on any atom is -0.355 e. The topological polar surface area (TPSA) is 34.1 Å². The average molecular weight is 441 g/mol. The Kier molecular flexibility index (Phi) is 9.42. The number of thioether (sulfide) groups is 1. The van der Waals surface area contributed by atoms with Crippen LogP contribution in [0.25, 0.3) is 0 Å². The van der Waals surface area contributed by atoms with E-state index in [1.165, 1.54) is 18.7 Å². The van der Waals surface area contributed by atoms with Gasteiger partial charge in [-0.2, -0.15) is 11.8 Å². The van der Waals surface area contributed by atoms with Gasteiger partial charge in [0.1, 0.15) is 0 Å². The molecular weight excluding hydrogens is 409 g/mol. The molecule has 7 heteroatoms. The largest absolute Gasteiger partial charge is 0.355 e. The molecule has 2 unspecified atom stereocenters. The number of piperazine rings is 1. The quantitative estimate of drug-likeness (QED) is 0.405. The number of hydrogen-bond acceptors (Lipinski definition) is 4. The van der Waals surface area contributed by atoms with Crippen molar-refractivity contribution >= 4 is 41.7 Å². The molecule has 2 aliphatic rings. The lowest BCUT2D eigenvalue weighted by molar-refractivity contribution is 0.116. The Morgan fingerprint density at radius 2 is 2.00 bits per heavy atom. The van der Waals surface area contributed by atoms with Crippen molar-refractivity contribution in [1.82, 2.24) is 20.0 Å². The molecule has 1 N–H and O–H groups in total. The first kappa shape index (κ1) is 20.3. The van der Waals surface area contributed by atoms with Crippen LogP contribution in [-0.4, -0.2) is 98.1 Å². The molecule has 0 amide bonds. The smallest absolute Gasteiger partial charge is 0.193 e. The average Bonchev–Trinajstić information content (AvgIpc) is 2.51. The van der Waals surface area contributed by atoms with Crippen LogP contribution in [0.5, 0.6) is 0 Å². The number of likely N-dealkylation sites (N-methyl/N-ethyl adjacent to an activating group) is 2. The van der Waals surface area contributed by atoms with Crippen LogP contribution in [0.15, 0.2) is 4.99 Å². The minimum absolute atomic E-state index is 0. The summed E-state index contributed by atoms with van der Waals surface area (Å²) in [7, 11) is 6.34. The molecular formula is C15H32IN5S. The van der Waals surface area contributed by atoms with E-state index >= 15 is 0 Å². The fraction of sp³-hybridized carbons (Fsp3) is 0.933. The Balaban J connectivity index is 0.00000242. The molecule has 0 aromatic rings. The van der Waals surface area contributed by atoms with Gasteiger partial charge in [-0.25, -0.2) is 0 Å². The second-order valence-corrected chi connectivity index (χ2v) is 7.58. The highest BCUT2D eigenvalue weighted by Gasteiger charge is 2.25. The second kappa shape index (κ2) is 10.2. The molecule has 22 heavy (non-hydrogen) atoms. The van der Waals surface area contributed by atoms with Crippen LogP contribution in [-0.2, 0) is 0 Å². The molecule has 0 bridgehead atoms. The predicted molar refractivity (Wildman–Crippen MR) is 109 cm³/mol. The fourth-order valence-electron chi connectivity index (χ4n) is 3.02. The number of guanidine groups is 1. The molecule has 5 nitrogen and oxygen atoms in total. The molecule has 0 aromatic heterocycles. The van der Waals surface area contributed by atoms with Crippen LogP contribution in [0.4, 0.5) is 0 Å². The van der Waals surface area contributed by atoms with Crippen LogP contribution in [0.3, 0.4) is 0 Å². The van der Waals surface area contributed by atoms with Gasteiger partial charge in [0.2, 0.25) is 0 Å². The number of aliphatic imine (C=N–C) groups is 1. The number of nitrogens with zero attached hydrogens (tertiary/aromatic N) is 4. The Morgan fingerprint density at radius 3 is 2.68 bits per heavy atom. The normalized spacial score (nSPS) is 28.4. The van der Waals surface area contributed by atoms with Gasteiger partial charge < -0.3 is 15.1 Å². The van der Waals surface area contributed by atoms with E-state index < -0.39 is 0 Å². The third-order valence-electron chi connectivity index (χ3n) is 4.58. The van der Waals surface area contributed by atoms with E-state index in [4.69, 9.17) is 0 Å². The van der Waals surface area contributed by atoms with Crippen molar-refractivity contribution in [2.75, 3.05) is 66.2 Å². The third-order valence-corrected chi connectivity index (χ3v) is 5.95. The first-order valence-corrected chi connectivity index (χ1v) is 9.14. The van der Waals surface area contributed by atoms with Crippen molar-refractivity contribution in [3.63, 3.8) is 0 Å². The highest BCUT2D eigenvalue weighted by molar-refractivity contribution is 14.0. The summed E-state index contributed by atoms with van der Waals surface area (Å²) >= 11 is 2.10. The summed E-state index contributed by atoms with van der Waals surface area (Å²) in [6, 6.07) is 0.571. The zero-order chi connectivity index (χ0) is 15.2. The molecule has 2 atom stereocenters. The first-order chi connectivity index (χ1) is 10.1. The van der Waals surface area contributed by atoms with Crippen molar-refractivity contribution < 1.29 is 0 Å². The minimum atomic E-state index is 0. The van der Waals surface area contributed by atoms with Crippen molar-refractivity contribution in [3.05, 3.63) is 0 Å². The standard InChI is InChI=1S/C15H31N5S.HI/c1-5-14-12-20(8-9-21-14)15(16-2)17-10-13-11-18(3)6-7-19(13)4;/h13-14H,5-12H2,1-4H3,(H,16,17);1H. The van der Waals surface area contributed by atoms with Crippen molar-refractivity contribution in [1.29, 1.82) is 0 Å². The van der Waals surface area contributed by atoms with Gasteiger partial charge >= 0.3 is 0 Å². The van der Waals surface area contributed by atoms with Crippen molar-refractivity contribution in [3.8, 4) is 0 Å². The van der Waals surface area contributed by atoms with E-state index in [9.17, 15) is 0 Å². The lowest BCUT2D eigenvalue weighted by atomic mass is 10.2. The monoisotopic (exact) mass is 441 g/mol. The van der Waals surface area contributed by atoms with Crippen LogP contribution in [0.2, 0.25) is 0 Å². The molecule has 0 aromatic carbocycles. The molecule has 2 fully saturated rings. The van der Waals surface area contributed by atoms with Crippen LogP contribution in [0.1, 0.15) is 13.3 Å². The number of nitrogens with one attached hydrogen (secondary N) is 1. The van der Waals surface area contributed by atoms with E-state index in [1.807, 2.05) is 7.05 Å². The highest BCUT2D eigenvalue weighted by atomic mass is 127. The maximum Gasteiger partial charge on any atom is 0.193 e. The molecule has 0 aliphatic carbocycles. The Morgan fingerprint density at radius 1 is 1.23 bits per heavy atom. The SMILES string of the molecule is CCC1CN(C(=NC)NCC2CN(C)CCN2C)CCS1.I. The summed E-state index contributed by atoms with van der Waals surface area (Å²) in [6.45, 7) is 8.96. The fourth-order valence-corrected chi connectivity index (χ4v) is 4.20. The van der Waals surface area contributed by atoms with Gasteiger partial charge in [0.15, 0.2) is 5.96 Å². The van der Waals surface area contributed by atoms with Crippen LogP contribution in [0, 0.1) is 0 Å². The zero-order valence-electron chi connectivity index (χ0n) is 14.4. The van der Waals surface area contributed by atoms with Crippen molar-refractivity contribution in [2.45, 2.75) is 24.6 Å². The number of halogens is 1. The van der Waals surface area contributed by atoms with E-state index in [0.717, 1.165) is 43.9 Å². The van der Waals surface area contributed by atoms with Gasteiger partial charge in [0.05, 0.1) is 0 Å². The molecule has 2 aliphatic heterocycles. The lowest BCUT2D eigenvalue weighted by Crippen LogP contribution is -2.56. The molecule has 0 spiro atoms. The van der Waals surface area contributed by atoms with Crippen LogP contribution >= 0.6 is 35.7 Å². The summed E-state index contributed by atoms with van der Waals surface area (Å²) in [4.78, 5) is 11.8. The third kappa shape index (κ3) is 5.72. The van der Waals surface area contributed by atoms with Crippen molar-refractivity contribution in [2.24, 2.45) is 4.99 Å². The number of rotatable bonds is 3. The predicted octanol–water partition coefficient (Wildman–Crippen LogP) is 1.25. The maximum atomic E-state index is 4.50. The van der Waals surface area contributed by atoms with Gasteiger partial charge in [-0.1, -0.05) is 6.92 Å². The summed E-state index contributed by atoms with van der Waals surface area (Å²) in [5.41, 5.74) is 0. The summed E-state index contributed by atoms with van der Waals surface area (Å²) in [5, 5.41) is 4.35. The van der Waals surface area contributed by atoms with E-state index in [1.54, 1.807) is 0 Å². The van der Waals surface area contributed by atoms with E-state index in [-0.39, 0.29) is 24.0 Å². The van der Waals surface area contributed by atoms with Gasteiger partial charge in [-0.15, -0.1) is 24.0 Å². The molecule has 2 saturated heterocycles. The summed E-state index contributed by atoms with van der Waals surface area (Å²) in [6.07, 6.45) is 1.24. The van der Waals surface area contributed by atoms with Gasteiger partial charge in [0, 0.05) is 63.4 Å². The molecule has 0 radical (unpaired) electrons. The van der Waals surface area contributed by atoms with Gasteiger partial charge in [0.25, 0.3) is 0 Å². The van der Waals surface area contributed by atoms with E-state index in [2.05, 4.69) is 57.8 Å². The summed E-state index contributed by atoms with van der Waals surface area (Å²) < 4.78 is 0. The molecule has 130 valence electrons. The first-order valence-electron chi connectivity index (χ1n) is 8.10. The Bertz CT molecular complexity index is 355. The highest BCUT2D eigenvalue weighted by Crippen LogP contribution is 2.21. The maximum absolute atomic E-state index is 4.50. The second-order valence-electron chi connectivity index (χ2n) is 6.17. The Labute approximate surface area is 157 Å². The molecule has 2 heterocycles. The zero-order valence-corrected chi connectivity index (χ0v) is 17.6. The number of hydrogen-bond donors (Lipinski definition) is 1. The van der Waals surface area contributed by atoms with Crippen LogP contribution < -0.4 is 5.32 Å². The lowest BCUT2D eigenvalue weighted by Gasteiger charge is -2.39.